The predicted octanol–water partition coefficient (Wildman–Crippen LogP) is 5.15. The summed E-state index contributed by atoms with van der Waals surface area (Å²) in [5, 5.41) is 2.03. The Balaban J connectivity index is 2.65. The van der Waals surface area contributed by atoms with Crippen LogP contribution in [0.4, 0.5) is 0 Å². The average Bonchev–Trinajstić information content (AvgIpc) is 2.68. The Hall–Kier alpha value is -1.72. The van der Waals surface area contributed by atoms with Crippen molar-refractivity contribution in [3.63, 3.8) is 0 Å². The lowest BCUT2D eigenvalue weighted by molar-refractivity contribution is 0.544. The Morgan fingerprint density at radius 1 is 1.07 bits per heavy atom. The zero-order valence-corrected chi connectivity index (χ0v) is 19.5. The lowest BCUT2D eigenvalue weighted by Gasteiger charge is -2.33. The van der Waals surface area contributed by atoms with Gasteiger partial charge in [0.15, 0.2) is 5.03 Å². The van der Waals surface area contributed by atoms with E-state index in [2.05, 4.69) is 57.1 Å². The Bertz CT molecular complexity index is 875. The van der Waals surface area contributed by atoms with Crippen LogP contribution >= 0.6 is 0 Å². The molecule has 0 fully saturated rings. The largest absolute Gasteiger partial charge is 0.245 e. The van der Waals surface area contributed by atoms with E-state index in [1.54, 1.807) is 24.4 Å². The number of nitrogens with zero attached hydrogens (tertiary/aromatic N) is 1. The summed E-state index contributed by atoms with van der Waals surface area (Å²) in [7, 11) is -5.73. The van der Waals surface area contributed by atoms with Crippen molar-refractivity contribution in [2.75, 3.05) is 0 Å². The topological polar surface area (TPSA) is 47.0 Å². The van der Waals surface area contributed by atoms with Gasteiger partial charge < -0.3 is 0 Å². The first kappa shape index (κ1) is 22.6. The SMILES string of the molecule is CCC/C=C(\C(CC(C)C)S(=O)(=O)c1ccccn1)[Si](C)(C)c1ccccc1. The third kappa shape index (κ3) is 5.20. The molecule has 1 unspecified atom stereocenters. The highest BCUT2D eigenvalue weighted by molar-refractivity contribution is 7.92. The molecule has 2 aromatic rings. The summed E-state index contributed by atoms with van der Waals surface area (Å²) in [5.74, 6) is 0.272. The number of rotatable bonds is 9. The van der Waals surface area contributed by atoms with Crippen molar-refractivity contribution in [3.8, 4) is 0 Å². The van der Waals surface area contributed by atoms with Crippen LogP contribution in [0.2, 0.25) is 13.1 Å². The van der Waals surface area contributed by atoms with Crippen molar-refractivity contribution in [2.24, 2.45) is 5.92 Å². The number of benzene rings is 1. The Kier molecular flexibility index (Phi) is 7.78. The third-order valence-electron chi connectivity index (χ3n) is 5.21. The minimum Gasteiger partial charge on any atom is -0.245 e. The van der Waals surface area contributed by atoms with E-state index >= 15 is 0 Å². The number of sulfone groups is 1. The number of unbranched alkanes of at least 4 members (excludes halogenated alkanes) is 1. The zero-order valence-electron chi connectivity index (χ0n) is 17.7. The van der Waals surface area contributed by atoms with Gasteiger partial charge in [0.25, 0.3) is 0 Å². The van der Waals surface area contributed by atoms with Crippen LogP contribution in [0.3, 0.4) is 0 Å². The fraction of sp³-hybridized carbons (Fsp3) is 0.435. The molecule has 0 amide bonds. The molecule has 2 rings (SSSR count). The van der Waals surface area contributed by atoms with Crippen molar-refractivity contribution >= 4 is 23.1 Å². The Morgan fingerprint density at radius 3 is 2.25 bits per heavy atom. The molecule has 0 aliphatic rings. The summed E-state index contributed by atoms with van der Waals surface area (Å²) in [5.41, 5.74) is 0. The first-order valence-electron chi connectivity index (χ1n) is 10.1. The molecule has 0 radical (unpaired) electrons. The summed E-state index contributed by atoms with van der Waals surface area (Å²) in [6, 6.07) is 15.5. The zero-order chi connectivity index (χ0) is 20.8. The second-order valence-electron chi connectivity index (χ2n) is 8.27. The van der Waals surface area contributed by atoms with Crippen molar-refractivity contribution in [1.82, 2.24) is 4.98 Å². The summed E-state index contributed by atoms with van der Waals surface area (Å²) in [4.78, 5) is 4.20. The number of hydrogen-bond acceptors (Lipinski definition) is 3. The van der Waals surface area contributed by atoms with E-state index < -0.39 is 23.2 Å². The Labute approximate surface area is 171 Å². The van der Waals surface area contributed by atoms with Gasteiger partial charge in [-0.1, -0.05) is 93.1 Å². The van der Waals surface area contributed by atoms with Crippen LogP contribution in [0.15, 0.2) is 71.0 Å². The number of aromatic nitrogens is 1. The van der Waals surface area contributed by atoms with E-state index in [1.165, 1.54) is 5.19 Å². The molecule has 28 heavy (non-hydrogen) atoms. The minimum atomic E-state index is -3.56. The van der Waals surface area contributed by atoms with Crippen molar-refractivity contribution < 1.29 is 8.42 Å². The normalized spacial score (nSPS) is 14.3. The van der Waals surface area contributed by atoms with Crippen molar-refractivity contribution in [2.45, 2.75) is 63.4 Å². The van der Waals surface area contributed by atoms with Crippen LogP contribution in [0.25, 0.3) is 0 Å². The third-order valence-corrected chi connectivity index (χ3v) is 11.2. The molecule has 1 aromatic heterocycles. The first-order chi connectivity index (χ1) is 13.2. The van der Waals surface area contributed by atoms with Crippen LogP contribution in [0.5, 0.6) is 0 Å². The fourth-order valence-electron chi connectivity index (χ4n) is 3.62. The molecule has 0 aliphatic heterocycles. The minimum absolute atomic E-state index is 0.181. The molecule has 1 heterocycles. The number of allylic oxidation sites excluding steroid dienone is 1. The van der Waals surface area contributed by atoms with Crippen molar-refractivity contribution in [1.29, 1.82) is 0 Å². The van der Waals surface area contributed by atoms with Gasteiger partial charge in [0, 0.05) is 6.20 Å². The molecule has 0 saturated heterocycles. The lowest BCUT2D eigenvalue weighted by Crippen LogP contribution is -2.49. The molecular formula is C23H33NO2SSi. The van der Waals surface area contributed by atoms with E-state index in [9.17, 15) is 8.42 Å². The predicted molar refractivity (Wildman–Crippen MR) is 121 cm³/mol. The van der Waals surface area contributed by atoms with Crippen LogP contribution < -0.4 is 5.19 Å². The quantitative estimate of drug-likeness (QED) is 0.532. The highest BCUT2D eigenvalue weighted by Crippen LogP contribution is 2.32. The molecule has 1 aromatic carbocycles. The molecule has 1 atom stereocenters. The highest BCUT2D eigenvalue weighted by atomic mass is 32.2. The molecule has 3 nitrogen and oxygen atoms in total. The average molecular weight is 416 g/mol. The smallest absolute Gasteiger partial charge is 0.201 e. The number of hydrogen-bond donors (Lipinski definition) is 0. The van der Waals surface area contributed by atoms with Gasteiger partial charge >= 0.3 is 0 Å². The molecule has 0 saturated carbocycles. The molecule has 0 N–H and O–H groups in total. The van der Waals surface area contributed by atoms with E-state index in [0.717, 1.165) is 18.0 Å². The van der Waals surface area contributed by atoms with Crippen LogP contribution in [0.1, 0.15) is 40.0 Å². The number of pyridine rings is 1. The van der Waals surface area contributed by atoms with E-state index in [-0.39, 0.29) is 10.9 Å². The summed E-state index contributed by atoms with van der Waals surface area (Å²) in [6.45, 7) is 10.9. The molecular weight excluding hydrogens is 382 g/mol. The molecule has 152 valence electrons. The fourth-order valence-corrected chi connectivity index (χ4v) is 9.74. The molecule has 0 bridgehead atoms. The molecule has 5 heteroatoms. The van der Waals surface area contributed by atoms with Gasteiger partial charge in [-0.25, -0.2) is 13.4 Å². The molecule has 0 aliphatic carbocycles. The standard InChI is InChI=1S/C23H33NO2SSi/c1-6-7-15-22(28(4,5)20-13-9-8-10-14-20)21(18-19(2)3)27(25,26)23-16-11-12-17-24-23/h8-17,19,21H,6-7,18H2,1-5H3/b22-15+. The van der Waals surface area contributed by atoms with E-state index in [4.69, 9.17) is 0 Å². The van der Waals surface area contributed by atoms with Gasteiger partial charge in [0.2, 0.25) is 9.84 Å². The van der Waals surface area contributed by atoms with Gasteiger partial charge in [-0.3, -0.25) is 0 Å². The van der Waals surface area contributed by atoms with Crippen LogP contribution in [-0.4, -0.2) is 26.7 Å². The lowest BCUT2D eigenvalue weighted by atomic mass is 10.1. The van der Waals surface area contributed by atoms with Gasteiger partial charge in [0.1, 0.15) is 8.07 Å². The van der Waals surface area contributed by atoms with Crippen molar-refractivity contribution in [3.05, 3.63) is 66.0 Å². The monoisotopic (exact) mass is 415 g/mol. The van der Waals surface area contributed by atoms with Crippen LogP contribution in [-0.2, 0) is 9.84 Å². The van der Waals surface area contributed by atoms with Gasteiger partial charge in [-0.05, 0) is 30.9 Å². The Morgan fingerprint density at radius 2 is 1.71 bits per heavy atom. The highest BCUT2D eigenvalue weighted by Gasteiger charge is 2.40. The maximum atomic E-state index is 13.7. The van der Waals surface area contributed by atoms with Gasteiger partial charge in [-0.2, -0.15) is 0 Å². The summed E-state index contributed by atoms with van der Waals surface area (Å²) < 4.78 is 27.3. The summed E-state index contributed by atoms with van der Waals surface area (Å²) >= 11 is 0. The first-order valence-corrected chi connectivity index (χ1v) is 14.7. The van der Waals surface area contributed by atoms with Gasteiger partial charge in [0.05, 0.1) is 5.25 Å². The second-order valence-corrected chi connectivity index (χ2v) is 14.8. The van der Waals surface area contributed by atoms with Crippen LogP contribution in [0, 0.1) is 5.92 Å². The molecule has 0 spiro atoms. The second kappa shape index (κ2) is 9.66. The maximum Gasteiger partial charge on any atom is 0.201 e. The van der Waals surface area contributed by atoms with E-state index in [0.29, 0.717) is 6.42 Å². The van der Waals surface area contributed by atoms with Gasteiger partial charge in [-0.15, -0.1) is 0 Å². The summed E-state index contributed by atoms with van der Waals surface area (Å²) in [6.07, 6.45) is 6.28. The maximum absolute atomic E-state index is 13.7. The van der Waals surface area contributed by atoms with E-state index in [1.807, 2.05) is 18.2 Å².